The summed E-state index contributed by atoms with van der Waals surface area (Å²) < 4.78 is 26.1. The first kappa shape index (κ1) is 20.9. The zero-order valence-electron chi connectivity index (χ0n) is 17.0. The van der Waals surface area contributed by atoms with Gasteiger partial charge in [0.25, 0.3) is 5.91 Å². The van der Waals surface area contributed by atoms with Crippen LogP contribution in [0.5, 0.6) is 5.75 Å². The molecule has 0 bridgehead atoms. The number of nitrogens with one attached hydrogen (secondary N) is 2. The monoisotopic (exact) mass is 437 g/mol. The zero-order chi connectivity index (χ0) is 23.0. The van der Waals surface area contributed by atoms with Crippen molar-refractivity contribution in [2.24, 2.45) is 0 Å². The Balaban J connectivity index is 1.69. The van der Waals surface area contributed by atoms with E-state index in [0.717, 1.165) is 6.20 Å². The summed E-state index contributed by atoms with van der Waals surface area (Å²) >= 11 is 0. The van der Waals surface area contributed by atoms with E-state index in [0.29, 0.717) is 27.0 Å². The van der Waals surface area contributed by atoms with E-state index in [-0.39, 0.29) is 22.7 Å². The maximum Gasteiger partial charge on any atom is 0.333 e. The molecule has 0 saturated heterocycles. The highest BCUT2D eigenvalue weighted by Gasteiger charge is 2.22. The van der Waals surface area contributed by atoms with Crippen molar-refractivity contribution >= 4 is 16.9 Å². The Morgan fingerprint density at radius 1 is 1.31 bits per heavy atom. The number of H-pyrrole nitrogens is 1. The standard InChI is InChI=1S/C21H17F2N7O2/c1-21(2,10-24)29-19(32)15-5-3-4-14(27-15)11-6-13-17(31)16(28-18(13)25-7-11)12-8-26-30(9-12)20(22)23/h3-9,20,31H,1-2H3,(H,25,28)(H,29,32). The molecule has 0 fully saturated rings. The van der Waals surface area contributed by atoms with Gasteiger partial charge >= 0.3 is 6.55 Å². The second kappa shape index (κ2) is 7.73. The molecule has 4 aromatic rings. The molecular formula is C21H17F2N7O2. The minimum absolute atomic E-state index is 0.115. The van der Waals surface area contributed by atoms with E-state index in [1.54, 1.807) is 32.0 Å². The van der Waals surface area contributed by atoms with E-state index >= 15 is 0 Å². The van der Waals surface area contributed by atoms with Crippen LogP contribution in [0.1, 0.15) is 30.9 Å². The van der Waals surface area contributed by atoms with Gasteiger partial charge in [0.15, 0.2) is 5.75 Å². The van der Waals surface area contributed by atoms with Crippen molar-refractivity contribution in [1.82, 2.24) is 30.0 Å². The molecule has 3 N–H and O–H groups in total. The highest BCUT2D eigenvalue weighted by atomic mass is 19.3. The molecule has 4 rings (SSSR count). The zero-order valence-corrected chi connectivity index (χ0v) is 17.0. The second-order valence-corrected chi connectivity index (χ2v) is 7.55. The van der Waals surface area contributed by atoms with Gasteiger partial charge in [0.2, 0.25) is 0 Å². The smallest absolute Gasteiger partial charge is 0.333 e. The van der Waals surface area contributed by atoms with E-state index in [2.05, 4.69) is 25.4 Å². The van der Waals surface area contributed by atoms with Gasteiger partial charge in [-0.05, 0) is 32.0 Å². The van der Waals surface area contributed by atoms with Crippen molar-refractivity contribution in [2.45, 2.75) is 25.9 Å². The highest BCUT2D eigenvalue weighted by Crippen LogP contribution is 2.37. The third-order valence-corrected chi connectivity index (χ3v) is 4.70. The molecule has 0 atom stereocenters. The van der Waals surface area contributed by atoms with E-state index in [9.17, 15) is 18.7 Å². The molecule has 1 amide bonds. The minimum atomic E-state index is -2.80. The molecular weight excluding hydrogens is 420 g/mol. The molecule has 0 aliphatic heterocycles. The third kappa shape index (κ3) is 3.85. The van der Waals surface area contributed by atoms with Gasteiger partial charge in [-0.15, -0.1) is 0 Å². The number of amides is 1. The first-order valence-electron chi connectivity index (χ1n) is 9.43. The van der Waals surface area contributed by atoms with Crippen LogP contribution in [0.4, 0.5) is 8.78 Å². The average molecular weight is 437 g/mol. The summed E-state index contributed by atoms with van der Waals surface area (Å²) in [5.74, 6) is -0.678. The first-order chi connectivity index (χ1) is 15.2. The molecule has 11 heteroatoms. The number of alkyl halides is 2. The molecule has 0 aromatic carbocycles. The lowest BCUT2D eigenvalue weighted by molar-refractivity contribution is 0.0566. The summed E-state index contributed by atoms with van der Waals surface area (Å²) in [5.41, 5.74) is 0.835. The molecule has 0 saturated carbocycles. The summed E-state index contributed by atoms with van der Waals surface area (Å²) in [6.07, 6.45) is 3.83. The molecule has 0 spiro atoms. The number of hydrogen-bond donors (Lipinski definition) is 3. The molecule has 0 unspecified atom stereocenters. The van der Waals surface area contributed by atoms with E-state index in [1.165, 1.54) is 18.5 Å². The Bertz CT molecular complexity index is 1370. The van der Waals surface area contributed by atoms with Gasteiger partial charge in [-0.3, -0.25) is 4.79 Å². The molecule has 0 aliphatic rings. The van der Waals surface area contributed by atoms with Crippen molar-refractivity contribution in [3.05, 3.63) is 48.5 Å². The van der Waals surface area contributed by atoms with Gasteiger partial charge in [0, 0.05) is 23.5 Å². The number of fused-ring (bicyclic) bond motifs is 1. The first-order valence-corrected chi connectivity index (χ1v) is 9.43. The van der Waals surface area contributed by atoms with Crippen LogP contribution in [0, 0.1) is 11.3 Å². The fourth-order valence-electron chi connectivity index (χ4n) is 3.08. The van der Waals surface area contributed by atoms with E-state index < -0.39 is 18.0 Å². The molecule has 32 heavy (non-hydrogen) atoms. The van der Waals surface area contributed by atoms with E-state index in [4.69, 9.17) is 5.26 Å². The number of hydrogen-bond acceptors (Lipinski definition) is 6. The number of rotatable bonds is 5. The molecule has 0 aliphatic carbocycles. The maximum absolute atomic E-state index is 12.8. The molecule has 9 nitrogen and oxygen atoms in total. The lowest BCUT2D eigenvalue weighted by Gasteiger charge is -2.17. The van der Waals surface area contributed by atoms with Gasteiger partial charge in [0.1, 0.15) is 16.9 Å². The lowest BCUT2D eigenvalue weighted by Crippen LogP contribution is -2.42. The minimum Gasteiger partial charge on any atom is -0.505 e. The van der Waals surface area contributed by atoms with Crippen LogP contribution in [0.3, 0.4) is 0 Å². The topological polar surface area (TPSA) is 133 Å². The summed E-state index contributed by atoms with van der Waals surface area (Å²) in [6.45, 7) is 0.350. The van der Waals surface area contributed by atoms with Crippen LogP contribution in [-0.2, 0) is 0 Å². The number of carbonyl (C=O) groups is 1. The van der Waals surface area contributed by atoms with Crippen molar-refractivity contribution in [3.63, 3.8) is 0 Å². The van der Waals surface area contributed by atoms with Crippen LogP contribution in [0.25, 0.3) is 33.5 Å². The summed E-state index contributed by atoms with van der Waals surface area (Å²) in [4.78, 5) is 23.9. The molecule has 0 radical (unpaired) electrons. The largest absolute Gasteiger partial charge is 0.505 e. The SMILES string of the molecule is CC(C)(C#N)NC(=O)c1cccc(-c2cnc3[nH]c(-c4cnn(C(F)F)c4)c(O)c3c2)n1. The number of aromatic hydroxyl groups is 1. The Hall–Kier alpha value is -4.33. The quantitative estimate of drug-likeness (QED) is 0.437. The average Bonchev–Trinajstić information content (AvgIpc) is 3.38. The Morgan fingerprint density at radius 2 is 2.09 bits per heavy atom. The van der Waals surface area contributed by atoms with Crippen molar-refractivity contribution < 1.29 is 18.7 Å². The number of aromatic amines is 1. The lowest BCUT2D eigenvalue weighted by atomic mass is 10.1. The van der Waals surface area contributed by atoms with E-state index in [1.807, 2.05) is 6.07 Å². The fraction of sp³-hybridized carbons (Fsp3) is 0.190. The Kier molecular flexibility index (Phi) is 5.06. The number of nitrogens with zero attached hydrogens (tertiary/aromatic N) is 5. The Labute approximate surface area is 180 Å². The van der Waals surface area contributed by atoms with Crippen molar-refractivity contribution in [1.29, 1.82) is 5.26 Å². The summed E-state index contributed by atoms with van der Waals surface area (Å²) in [7, 11) is 0. The number of carbonyl (C=O) groups excluding carboxylic acids is 1. The van der Waals surface area contributed by atoms with Gasteiger partial charge in [-0.2, -0.15) is 19.1 Å². The number of nitriles is 1. The molecule has 4 aromatic heterocycles. The normalized spacial score (nSPS) is 11.6. The molecule has 4 heterocycles. The van der Waals surface area contributed by atoms with Gasteiger partial charge in [-0.1, -0.05) is 6.07 Å². The van der Waals surface area contributed by atoms with Crippen LogP contribution >= 0.6 is 0 Å². The van der Waals surface area contributed by atoms with Gasteiger partial charge < -0.3 is 15.4 Å². The van der Waals surface area contributed by atoms with Crippen LogP contribution in [-0.4, -0.2) is 41.3 Å². The van der Waals surface area contributed by atoms with Crippen LogP contribution in [0.15, 0.2) is 42.9 Å². The number of aromatic nitrogens is 5. The highest BCUT2D eigenvalue weighted by molar-refractivity contribution is 5.95. The second-order valence-electron chi connectivity index (χ2n) is 7.55. The molecule has 162 valence electrons. The predicted octanol–water partition coefficient (Wildman–Crippen LogP) is 3.62. The number of pyridine rings is 2. The Morgan fingerprint density at radius 3 is 2.78 bits per heavy atom. The summed E-state index contributed by atoms with van der Waals surface area (Å²) in [5, 5.41) is 26.3. The van der Waals surface area contributed by atoms with Crippen molar-refractivity contribution in [2.75, 3.05) is 0 Å². The summed E-state index contributed by atoms with van der Waals surface area (Å²) in [6, 6.07) is 8.45. The van der Waals surface area contributed by atoms with Gasteiger partial charge in [-0.25, -0.2) is 14.6 Å². The predicted molar refractivity (Wildman–Crippen MR) is 111 cm³/mol. The fourth-order valence-corrected chi connectivity index (χ4v) is 3.08. The van der Waals surface area contributed by atoms with Gasteiger partial charge in [0.05, 0.1) is 29.0 Å². The maximum atomic E-state index is 12.8. The van der Waals surface area contributed by atoms with Crippen LogP contribution in [0.2, 0.25) is 0 Å². The van der Waals surface area contributed by atoms with Crippen molar-refractivity contribution in [3.8, 4) is 34.3 Å². The number of halogens is 2. The van der Waals surface area contributed by atoms with Crippen LogP contribution < -0.4 is 5.32 Å². The third-order valence-electron chi connectivity index (χ3n) is 4.70.